The van der Waals surface area contributed by atoms with E-state index in [-0.39, 0.29) is 5.69 Å². The molecule has 2 rings (SSSR count). The summed E-state index contributed by atoms with van der Waals surface area (Å²) < 4.78 is 32.9. The van der Waals surface area contributed by atoms with Gasteiger partial charge in [-0.3, -0.25) is 14.3 Å². The van der Waals surface area contributed by atoms with Gasteiger partial charge in [0, 0.05) is 18.2 Å². The van der Waals surface area contributed by atoms with Crippen molar-refractivity contribution in [1.82, 2.24) is 0 Å². The minimum Gasteiger partial charge on any atom is -0.726 e. The second kappa shape index (κ2) is 9.18. The van der Waals surface area contributed by atoms with Crippen LogP contribution in [-0.4, -0.2) is 30.1 Å². The van der Waals surface area contributed by atoms with Gasteiger partial charge in [-0.25, -0.2) is 13.0 Å². The molecule has 0 aliphatic heterocycles. The van der Waals surface area contributed by atoms with Crippen molar-refractivity contribution >= 4 is 16.1 Å². The fraction of sp³-hybridized carbons (Fsp3) is 0.267. The van der Waals surface area contributed by atoms with Gasteiger partial charge in [-0.2, -0.15) is 0 Å². The first-order valence-electron chi connectivity index (χ1n) is 7.02. The number of hydrogen-bond donors (Lipinski definition) is 1. The number of nitro benzene ring substituents is 1. The van der Waals surface area contributed by atoms with E-state index in [0.29, 0.717) is 12.0 Å². The molecule has 1 atom stereocenters. The summed E-state index contributed by atoms with van der Waals surface area (Å²) in [6.45, 7) is 0. The first-order valence-corrected chi connectivity index (χ1v) is 8.35. The van der Waals surface area contributed by atoms with Crippen LogP contribution in [0, 0.1) is 10.1 Å². The second-order valence-electron chi connectivity index (χ2n) is 4.91. The summed E-state index contributed by atoms with van der Waals surface area (Å²) >= 11 is 0. The highest BCUT2D eigenvalue weighted by atomic mass is 32.3. The van der Waals surface area contributed by atoms with Gasteiger partial charge < -0.3 is 9.66 Å². The third-order valence-corrected chi connectivity index (χ3v) is 3.67. The first kappa shape index (κ1) is 20.6. The zero-order valence-corrected chi connectivity index (χ0v) is 14.4. The molecule has 10 heteroatoms. The van der Waals surface area contributed by atoms with Gasteiger partial charge in [-0.05, 0) is 6.07 Å². The number of aliphatic hydroxyl groups is 1. The van der Waals surface area contributed by atoms with E-state index in [9.17, 15) is 28.2 Å². The van der Waals surface area contributed by atoms with Gasteiger partial charge in [0.2, 0.25) is 10.4 Å². The first-order chi connectivity index (χ1) is 11.7. The van der Waals surface area contributed by atoms with Crippen LogP contribution in [0.4, 0.5) is 5.69 Å². The molecule has 0 saturated carbocycles. The highest BCUT2D eigenvalue weighted by Gasteiger charge is 2.22. The predicted octanol–water partition coefficient (Wildman–Crippen LogP) is 0.788. The zero-order chi connectivity index (χ0) is 19.0. The van der Waals surface area contributed by atoms with Crippen molar-refractivity contribution < 1.29 is 31.8 Å². The van der Waals surface area contributed by atoms with E-state index in [1.165, 1.54) is 6.07 Å². The van der Waals surface area contributed by atoms with Crippen LogP contribution < -0.4 is 4.57 Å². The molecule has 1 unspecified atom stereocenters. The summed E-state index contributed by atoms with van der Waals surface area (Å²) in [7, 11) is -1.73. The maximum Gasteiger partial charge on any atom is 0.275 e. The summed E-state index contributed by atoms with van der Waals surface area (Å²) in [6, 6.07) is 11.9. The normalized spacial score (nSPS) is 12.0. The smallest absolute Gasteiger partial charge is 0.275 e. The maximum absolute atomic E-state index is 10.9. The van der Waals surface area contributed by atoms with Crippen LogP contribution in [0.3, 0.4) is 0 Å². The average molecular weight is 370 g/mol. The molecule has 1 aromatic heterocycles. The third-order valence-electron chi connectivity index (χ3n) is 3.26. The van der Waals surface area contributed by atoms with Crippen LogP contribution in [0.25, 0.3) is 0 Å². The Kier molecular flexibility index (Phi) is 7.58. The molecule has 0 fully saturated rings. The van der Waals surface area contributed by atoms with E-state index in [2.05, 4.69) is 4.18 Å². The zero-order valence-electron chi connectivity index (χ0n) is 13.6. The lowest BCUT2D eigenvalue weighted by molar-refractivity contribution is -0.679. The molecular formula is C15H18N2O7S. The van der Waals surface area contributed by atoms with Gasteiger partial charge in [0.15, 0.2) is 11.9 Å². The van der Waals surface area contributed by atoms with E-state index in [4.69, 9.17) is 0 Å². The number of aliphatic hydroxyl groups excluding tert-OH is 1. The summed E-state index contributed by atoms with van der Waals surface area (Å²) in [5, 5.41) is 21.1. The van der Waals surface area contributed by atoms with E-state index in [1.54, 1.807) is 18.2 Å². The van der Waals surface area contributed by atoms with Crippen molar-refractivity contribution in [2.45, 2.75) is 12.5 Å². The number of pyridine rings is 1. The van der Waals surface area contributed by atoms with E-state index in [1.807, 2.05) is 36.0 Å². The van der Waals surface area contributed by atoms with Crippen molar-refractivity contribution in [3.63, 3.8) is 0 Å². The van der Waals surface area contributed by atoms with E-state index < -0.39 is 21.4 Å². The average Bonchev–Trinajstić information content (AvgIpc) is 2.56. The van der Waals surface area contributed by atoms with Gasteiger partial charge >= 0.3 is 0 Å². The van der Waals surface area contributed by atoms with Crippen LogP contribution in [0.15, 0.2) is 48.7 Å². The fourth-order valence-electron chi connectivity index (χ4n) is 2.01. The largest absolute Gasteiger partial charge is 0.726 e. The second-order valence-corrected chi connectivity index (χ2v) is 6.06. The Labute approximate surface area is 145 Å². The van der Waals surface area contributed by atoms with Crippen LogP contribution in [0.1, 0.15) is 17.4 Å². The Morgan fingerprint density at radius 2 is 1.80 bits per heavy atom. The Balaban J connectivity index is 0.000000450. The minimum atomic E-state index is -4.41. The number of para-hydroxylation sites is 1. The van der Waals surface area contributed by atoms with E-state index >= 15 is 0 Å². The van der Waals surface area contributed by atoms with Crippen molar-refractivity contribution in [3.05, 3.63) is 70.0 Å². The van der Waals surface area contributed by atoms with Crippen LogP contribution in [0.2, 0.25) is 0 Å². The van der Waals surface area contributed by atoms with Crippen LogP contribution in [-0.2, 0) is 28.1 Å². The molecule has 0 spiro atoms. The number of rotatable bonds is 5. The Hall–Kier alpha value is -2.40. The Morgan fingerprint density at radius 1 is 1.24 bits per heavy atom. The van der Waals surface area contributed by atoms with E-state index in [0.717, 1.165) is 12.8 Å². The lowest BCUT2D eigenvalue weighted by Gasteiger charge is -2.09. The van der Waals surface area contributed by atoms with Crippen LogP contribution in [0.5, 0.6) is 0 Å². The van der Waals surface area contributed by atoms with Crippen LogP contribution >= 0.6 is 0 Å². The molecule has 1 aromatic carbocycles. The molecule has 1 heterocycles. The molecule has 9 nitrogen and oxygen atoms in total. The lowest BCUT2D eigenvalue weighted by atomic mass is 10.0. The van der Waals surface area contributed by atoms with Gasteiger partial charge in [0.1, 0.15) is 7.05 Å². The molecule has 0 aliphatic rings. The molecule has 2 aromatic rings. The molecule has 136 valence electrons. The van der Waals surface area contributed by atoms with Crippen molar-refractivity contribution in [3.8, 4) is 0 Å². The molecule has 0 aliphatic carbocycles. The Bertz CT molecular complexity index is 824. The Morgan fingerprint density at radius 3 is 2.32 bits per heavy atom. The quantitative estimate of drug-likeness (QED) is 0.270. The van der Waals surface area contributed by atoms with Gasteiger partial charge in [-0.1, -0.05) is 18.2 Å². The van der Waals surface area contributed by atoms with Gasteiger partial charge in [0.05, 0.1) is 30.1 Å². The standard InChI is InChI=1S/C14H15N2O3.CH4O4S/c1-15-9-5-4-6-11(15)10-14(17)12-7-2-3-8-13(12)16(18)19;1-5-6(2,3)4/h2-9,14,17H,10H2,1H3;1H3,(H,2,3,4)/q+1;/p-1. The number of benzene rings is 1. The number of hydrogen-bond acceptors (Lipinski definition) is 7. The lowest BCUT2D eigenvalue weighted by Crippen LogP contribution is -2.33. The summed E-state index contributed by atoms with van der Waals surface area (Å²) in [5.41, 5.74) is 1.21. The summed E-state index contributed by atoms with van der Waals surface area (Å²) in [5.74, 6) is 0. The molecular weight excluding hydrogens is 352 g/mol. The van der Waals surface area contributed by atoms with Gasteiger partial charge in [0.25, 0.3) is 5.69 Å². The number of nitro groups is 1. The predicted molar refractivity (Wildman–Crippen MR) is 86.1 cm³/mol. The fourth-order valence-corrected chi connectivity index (χ4v) is 2.01. The maximum atomic E-state index is 10.9. The van der Waals surface area contributed by atoms with Crippen molar-refractivity contribution in [2.24, 2.45) is 7.05 Å². The SMILES string of the molecule is COS(=O)(=O)[O-].C[n+]1ccccc1CC(O)c1ccccc1[N+](=O)[O-]. The number of aryl methyl sites for hydroxylation is 1. The van der Waals surface area contributed by atoms with Crippen molar-refractivity contribution in [2.75, 3.05) is 7.11 Å². The third kappa shape index (κ3) is 6.93. The number of nitrogens with zero attached hydrogens (tertiary/aromatic N) is 2. The molecule has 1 N–H and O–H groups in total. The molecule has 0 saturated heterocycles. The highest BCUT2D eigenvalue weighted by molar-refractivity contribution is 7.80. The van der Waals surface area contributed by atoms with Crippen molar-refractivity contribution in [1.29, 1.82) is 0 Å². The topological polar surface area (TPSA) is 134 Å². The molecule has 0 amide bonds. The monoisotopic (exact) mass is 370 g/mol. The molecule has 25 heavy (non-hydrogen) atoms. The minimum absolute atomic E-state index is 0.0476. The molecule has 0 radical (unpaired) electrons. The summed E-state index contributed by atoms with van der Waals surface area (Å²) in [6.07, 6.45) is 1.32. The highest BCUT2D eigenvalue weighted by Crippen LogP contribution is 2.26. The van der Waals surface area contributed by atoms with Gasteiger partial charge in [-0.15, -0.1) is 0 Å². The molecule has 0 bridgehead atoms. The summed E-state index contributed by atoms with van der Waals surface area (Å²) in [4.78, 5) is 10.5. The number of aromatic nitrogens is 1.